The van der Waals surface area contributed by atoms with Gasteiger partial charge in [0.15, 0.2) is 5.11 Å². The largest absolute Gasteiger partial charge is 0.318 e. The van der Waals surface area contributed by atoms with E-state index in [1.165, 1.54) is 4.90 Å². The van der Waals surface area contributed by atoms with Gasteiger partial charge >= 0.3 is 0 Å². The Morgan fingerprint density at radius 3 is 2.35 bits per heavy atom. The zero-order valence-electron chi connectivity index (χ0n) is 17.3. The predicted molar refractivity (Wildman–Crippen MR) is 128 cm³/mol. The summed E-state index contributed by atoms with van der Waals surface area (Å²) in [5.74, 6) is -0.949. The highest BCUT2D eigenvalue weighted by Crippen LogP contribution is 2.27. The Labute approximate surface area is 190 Å². The van der Waals surface area contributed by atoms with E-state index < -0.39 is 11.8 Å². The lowest BCUT2D eigenvalue weighted by molar-refractivity contribution is -0.122. The summed E-state index contributed by atoms with van der Waals surface area (Å²) in [6.07, 6.45) is 1.62. The molecule has 0 saturated carbocycles. The first-order valence-electron chi connectivity index (χ1n) is 9.70. The number of aromatic nitrogens is 1. The maximum absolute atomic E-state index is 13.3. The van der Waals surface area contributed by atoms with Crippen LogP contribution in [0.5, 0.6) is 0 Å². The van der Waals surface area contributed by atoms with Crippen LogP contribution < -0.4 is 10.2 Å². The lowest BCUT2D eigenvalue weighted by Crippen LogP contribution is -2.54. The summed E-state index contributed by atoms with van der Waals surface area (Å²) in [5, 5.41) is 3.38. The molecule has 1 saturated heterocycles. The number of anilines is 1. The highest BCUT2D eigenvalue weighted by molar-refractivity contribution is 7.80. The van der Waals surface area contributed by atoms with Gasteiger partial charge in [-0.15, -0.1) is 0 Å². The van der Waals surface area contributed by atoms with Gasteiger partial charge in [-0.05, 0) is 86.6 Å². The topological polar surface area (TPSA) is 54.3 Å². The Hall–Kier alpha value is -3.22. The van der Waals surface area contributed by atoms with Gasteiger partial charge in [-0.1, -0.05) is 29.8 Å². The smallest absolute Gasteiger partial charge is 0.270 e. The number of hydrogen-bond donors (Lipinski definition) is 1. The van der Waals surface area contributed by atoms with Gasteiger partial charge in [0.05, 0.1) is 5.69 Å². The highest BCUT2D eigenvalue weighted by atomic mass is 35.5. The number of benzene rings is 2. The molecule has 31 heavy (non-hydrogen) atoms. The second kappa shape index (κ2) is 8.13. The number of nitrogens with one attached hydrogen (secondary N) is 1. The first-order valence-corrected chi connectivity index (χ1v) is 10.5. The Bertz CT molecular complexity index is 1260. The zero-order valence-corrected chi connectivity index (χ0v) is 18.8. The van der Waals surface area contributed by atoms with Crippen LogP contribution in [-0.2, 0) is 9.59 Å². The maximum atomic E-state index is 13.3. The zero-order chi connectivity index (χ0) is 22.3. The minimum Gasteiger partial charge on any atom is -0.318 e. The molecule has 1 aliphatic heterocycles. The monoisotopic (exact) mass is 449 g/mol. The maximum Gasteiger partial charge on any atom is 0.270 e. The molecule has 0 spiro atoms. The molecule has 5 nitrogen and oxygen atoms in total. The molecule has 0 bridgehead atoms. The summed E-state index contributed by atoms with van der Waals surface area (Å²) in [6, 6.07) is 16.9. The number of aryl methyl sites for hydroxylation is 2. The Morgan fingerprint density at radius 2 is 1.68 bits per heavy atom. The summed E-state index contributed by atoms with van der Waals surface area (Å²) in [6.45, 7) is 5.81. The van der Waals surface area contributed by atoms with Gasteiger partial charge < -0.3 is 4.57 Å². The summed E-state index contributed by atoms with van der Waals surface area (Å²) in [5.41, 5.74) is 5.18. The van der Waals surface area contributed by atoms with Crippen LogP contribution in [0.25, 0.3) is 11.8 Å². The van der Waals surface area contributed by atoms with Crippen LogP contribution in [0.1, 0.15) is 22.5 Å². The van der Waals surface area contributed by atoms with E-state index >= 15 is 0 Å². The van der Waals surface area contributed by atoms with Crippen LogP contribution in [0.2, 0.25) is 5.02 Å². The molecule has 1 aromatic heterocycles. The Kier molecular flexibility index (Phi) is 5.52. The average Bonchev–Trinajstić information content (AvgIpc) is 3.00. The third-order valence-corrected chi connectivity index (χ3v) is 5.85. The molecule has 1 aliphatic rings. The van der Waals surface area contributed by atoms with Crippen LogP contribution in [0.3, 0.4) is 0 Å². The lowest BCUT2D eigenvalue weighted by Gasteiger charge is -2.30. The summed E-state index contributed by atoms with van der Waals surface area (Å²) >= 11 is 11.3. The van der Waals surface area contributed by atoms with Crippen molar-refractivity contribution in [1.82, 2.24) is 9.88 Å². The first kappa shape index (κ1) is 21.0. The SMILES string of the molecule is Cc1ccccc1N1C(=O)C(=Cc2cc(C)n(-c3ccc(Cl)cc3)c2C)C(=O)NC1=S. The van der Waals surface area contributed by atoms with Crippen LogP contribution in [0.4, 0.5) is 5.69 Å². The molecule has 1 fully saturated rings. The van der Waals surface area contributed by atoms with Crippen LogP contribution >= 0.6 is 23.8 Å². The number of carbonyl (C=O) groups excluding carboxylic acids is 2. The molecule has 3 aromatic rings. The van der Waals surface area contributed by atoms with Crippen molar-refractivity contribution in [2.24, 2.45) is 0 Å². The molecule has 0 aliphatic carbocycles. The van der Waals surface area contributed by atoms with Crippen molar-refractivity contribution in [1.29, 1.82) is 0 Å². The van der Waals surface area contributed by atoms with Crippen molar-refractivity contribution < 1.29 is 9.59 Å². The average molecular weight is 450 g/mol. The van der Waals surface area contributed by atoms with E-state index in [1.54, 1.807) is 12.1 Å². The van der Waals surface area contributed by atoms with Gasteiger partial charge in [0.25, 0.3) is 11.8 Å². The fraction of sp³-hybridized carbons (Fsp3) is 0.125. The van der Waals surface area contributed by atoms with Crippen molar-refractivity contribution >= 4 is 52.5 Å². The summed E-state index contributed by atoms with van der Waals surface area (Å²) in [4.78, 5) is 27.3. The predicted octanol–water partition coefficient (Wildman–Crippen LogP) is 4.89. The minimum absolute atomic E-state index is 0.0354. The number of thiocarbonyl (C=S) groups is 1. The number of nitrogens with zero attached hydrogens (tertiary/aromatic N) is 2. The van der Waals surface area contributed by atoms with E-state index in [-0.39, 0.29) is 10.7 Å². The number of hydrogen-bond acceptors (Lipinski definition) is 3. The number of para-hydroxylation sites is 1. The number of halogens is 1. The fourth-order valence-corrected chi connectivity index (χ4v) is 4.17. The number of carbonyl (C=O) groups is 2. The molecule has 2 amide bonds. The summed E-state index contributed by atoms with van der Waals surface area (Å²) < 4.78 is 2.05. The molecular formula is C24H20ClN3O2S. The van der Waals surface area contributed by atoms with Crippen molar-refractivity contribution in [2.75, 3.05) is 4.90 Å². The van der Waals surface area contributed by atoms with E-state index in [0.717, 1.165) is 28.2 Å². The van der Waals surface area contributed by atoms with Crippen LogP contribution in [-0.4, -0.2) is 21.5 Å². The first-order chi connectivity index (χ1) is 14.8. The van der Waals surface area contributed by atoms with E-state index in [0.29, 0.717) is 10.7 Å². The molecule has 0 radical (unpaired) electrons. The van der Waals surface area contributed by atoms with Crippen molar-refractivity contribution in [3.8, 4) is 5.69 Å². The molecule has 7 heteroatoms. The normalized spacial score (nSPS) is 15.5. The lowest BCUT2D eigenvalue weighted by atomic mass is 10.1. The van der Waals surface area contributed by atoms with Gasteiger partial charge in [0.1, 0.15) is 5.57 Å². The standard InChI is InChI=1S/C24H20ClN3O2S/c1-14-6-4-5-7-21(14)28-23(30)20(22(29)26-24(28)31)13-17-12-15(2)27(16(17)3)19-10-8-18(25)9-11-19/h4-13H,1-3H3,(H,26,29,31). The van der Waals surface area contributed by atoms with Crippen LogP contribution in [0.15, 0.2) is 60.2 Å². The molecule has 2 heterocycles. The van der Waals surface area contributed by atoms with Gasteiger partial charge in [0, 0.05) is 22.1 Å². The Balaban J connectivity index is 1.77. The summed E-state index contributed by atoms with van der Waals surface area (Å²) in [7, 11) is 0. The third kappa shape index (κ3) is 3.80. The fourth-order valence-electron chi connectivity index (χ4n) is 3.77. The van der Waals surface area contributed by atoms with E-state index in [2.05, 4.69) is 9.88 Å². The second-order valence-corrected chi connectivity index (χ2v) is 8.21. The van der Waals surface area contributed by atoms with E-state index in [9.17, 15) is 9.59 Å². The molecule has 0 unspecified atom stereocenters. The molecule has 1 N–H and O–H groups in total. The van der Waals surface area contributed by atoms with Gasteiger partial charge in [-0.25, -0.2) is 0 Å². The van der Waals surface area contributed by atoms with Gasteiger partial charge in [-0.2, -0.15) is 0 Å². The number of amides is 2. The second-order valence-electron chi connectivity index (χ2n) is 7.38. The van der Waals surface area contributed by atoms with Crippen molar-refractivity contribution in [3.63, 3.8) is 0 Å². The highest BCUT2D eigenvalue weighted by Gasteiger charge is 2.35. The molecule has 156 valence electrons. The van der Waals surface area contributed by atoms with Crippen molar-refractivity contribution in [2.45, 2.75) is 20.8 Å². The quantitative estimate of drug-likeness (QED) is 0.352. The molecule has 2 aromatic carbocycles. The molecule has 0 atom stereocenters. The van der Waals surface area contributed by atoms with Crippen LogP contribution in [0, 0.1) is 20.8 Å². The van der Waals surface area contributed by atoms with E-state index in [1.807, 2.05) is 69.3 Å². The van der Waals surface area contributed by atoms with E-state index in [4.69, 9.17) is 23.8 Å². The third-order valence-electron chi connectivity index (χ3n) is 5.31. The number of rotatable bonds is 3. The van der Waals surface area contributed by atoms with Crippen molar-refractivity contribution in [3.05, 3.63) is 87.7 Å². The molecule has 4 rings (SSSR count). The van der Waals surface area contributed by atoms with Gasteiger partial charge in [-0.3, -0.25) is 19.8 Å². The molecular weight excluding hydrogens is 430 g/mol. The Morgan fingerprint density at radius 1 is 1.00 bits per heavy atom. The minimum atomic E-state index is -0.504. The van der Waals surface area contributed by atoms with Gasteiger partial charge in [0.2, 0.25) is 0 Å².